The molecular weight excluding hydrogens is 318 g/mol. The van der Waals surface area contributed by atoms with Crippen LogP contribution in [0.4, 0.5) is 0 Å². The van der Waals surface area contributed by atoms with Crippen LogP contribution in [0.25, 0.3) is 0 Å². The molecule has 0 saturated heterocycles. The first-order chi connectivity index (χ1) is 11.5. The molecule has 0 aromatic heterocycles. The molecule has 0 aliphatic carbocycles. The lowest BCUT2D eigenvalue weighted by Crippen LogP contribution is -2.31. The van der Waals surface area contributed by atoms with Gasteiger partial charge < -0.3 is 9.64 Å². The molecule has 24 heavy (non-hydrogen) atoms. The summed E-state index contributed by atoms with van der Waals surface area (Å²) < 4.78 is 4.93. The van der Waals surface area contributed by atoms with Crippen LogP contribution in [-0.2, 0) is 9.53 Å². The number of esters is 1. The highest BCUT2D eigenvalue weighted by Gasteiger charge is 2.31. The van der Waals surface area contributed by atoms with E-state index in [4.69, 9.17) is 17.0 Å². The van der Waals surface area contributed by atoms with Crippen LogP contribution in [0.1, 0.15) is 29.4 Å². The molecule has 0 radical (unpaired) electrons. The number of hydrogen-bond acceptors (Lipinski definition) is 3. The minimum atomic E-state index is -0.230. The molecule has 2 aromatic rings. The van der Waals surface area contributed by atoms with E-state index in [0.717, 1.165) is 16.1 Å². The maximum Gasteiger partial charge on any atom is 0.306 e. The first-order valence-corrected chi connectivity index (χ1v) is 8.33. The zero-order valence-corrected chi connectivity index (χ0v) is 15.1. The summed E-state index contributed by atoms with van der Waals surface area (Å²) in [7, 11) is 5.31. The molecule has 0 saturated carbocycles. The van der Waals surface area contributed by atoms with Gasteiger partial charge in [-0.1, -0.05) is 72.9 Å². The molecule has 0 bridgehead atoms. The average molecular weight is 341 g/mol. The van der Waals surface area contributed by atoms with Crippen molar-refractivity contribution in [3.8, 4) is 0 Å². The van der Waals surface area contributed by atoms with Crippen molar-refractivity contribution in [2.45, 2.75) is 18.3 Å². The molecule has 0 aliphatic rings. The van der Waals surface area contributed by atoms with Crippen LogP contribution in [0.15, 0.2) is 60.7 Å². The Kier molecular flexibility index (Phi) is 6.50. The van der Waals surface area contributed by atoms with Crippen LogP contribution in [0.2, 0.25) is 0 Å². The number of benzene rings is 2. The molecular formula is C20H23NO2S. The third-order valence-electron chi connectivity index (χ3n) is 4.11. The van der Waals surface area contributed by atoms with Gasteiger partial charge in [-0.2, -0.15) is 0 Å². The molecule has 2 rings (SSSR count). The fraction of sp³-hybridized carbons (Fsp3) is 0.300. The largest absolute Gasteiger partial charge is 0.469 e. The first kappa shape index (κ1) is 18.1. The summed E-state index contributed by atoms with van der Waals surface area (Å²) in [6.07, 6.45) is 0.286. The van der Waals surface area contributed by atoms with Crippen LogP contribution < -0.4 is 0 Å². The minimum absolute atomic E-state index is 0.0716. The lowest BCUT2D eigenvalue weighted by molar-refractivity contribution is -0.141. The summed E-state index contributed by atoms with van der Waals surface area (Å²) in [5, 5.41) is 0. The third-order valence-corrected chi connectivity index (χ3v) is 4.73. The number of methoxy groups -OCH3 is 1. The second-order valence-corrected chi connectivity index (χ2v) is 6.34. The van der Waals surface area contributed by atoms with E-state index in [1.54, 1.807) is 0 Å². The Morgan fingerprint density at radius 2 is 1.50 bits per heavy atom. The van der Waals surface area contributed by atoms with Crippen LogP contribution in [-0.4, -0.2) is 37.1 Å². The summed E-state index contributed by atoms with van der Waals surface area (Å²) in [5.41, 5.74) is 2.19. The van der Waals surface area contributed by atoms with E-state index in [1.807, 2.05) is 67.5 Å². The van der Waals surface area contributed by atoms with Crippen molar-refractivity contribution >= 4 is 23.2 Å². The number of thiocarbonyl (C=S) groups is 1. The van der Waals surface area contributed by atoms with E-state index in [2.05, 4.69) is 12.1 Å². The van der Waals surface area contributed by atoms with E-state index in [9.17, 15) is 4.79 Å². The van der Waals surface area contributed by atoms with Crippen molar-refractivity contribution in [3.63, 3.8) is 0 Å². The summed E-state index contributed by atoms with van der Waals surface area (Å²) in [5.74, 6) is -0.375. The molecule has 4 heteroatoms. The van der Waals surface area contributed by atoms with Gasteiger partial charge in [-0.3, -0.25) is 4.79 Å². The lowest BCUT2D eigenvalue weighted by atomic mass is 9.79. The van der Waals surface area contributed by atoms with Gasteiger partial charge in [0.25, 0.3) is 0 Å². The van der Waals surface area contributed by atoms with Crippen LogP contribution in [0.5, 0.6) is 0 Å². The number of nitrogens with zero attached hydrogens (tertiary/aromatic N) is 1. The summed E-state index contributed by atoms with van der Waals surface area (Å²) >= 11 is 5.72. The smallest absolute Gasteiger partial charge is 0.306 e. The summed E-state index contributed by atoms with van der Waals surface area (Å²) in [6.45, 7) is 0. The zero-order valence-electron chi connectivity index (χ0n) is 14.3. The van der Waals surface area contributed by atoms with Gasteiger partial charge in [0.15, 0.2) is 0 Å². The average Bonchev–Trinajstić information content (AvgIpc) is 2.62. The van der Waals surface area contributed by atoms with Crippen LogP contribution >= 0.6 is 12.2 Å². The number of ether oxygens (including phenoxy) is 1. The second-order valence-electron chi connectivity index (χ2n) is 5.92. The number of rotatable bonds is 6. The van der Waals surface area contributed by atoms with E-state index < -0.39 is 0 Å². The summed E-state index contributed by atoms with van der Waals surface area (Å²) in [6, 6.07) is 20.1. The van der Waals surface area contributed by atoms with E-state index in [-0.39, 0.29) is 24.2 Å². The highest BCUT2D eigenvalue weighted by atomic mass is 32.1. The normalized spacial score (nSPS) is 13.0. The third kappa shape index (κ3) is 4.42. The Morgan fingerprint density at radius 3 is 1.96 bits per heavy atom. The quantitative estimate of drug-likeness (QED) is 0.587. The van der Waals surface area contributed by atoms with Crippen molar-refractivity contribution in [1.29, 1.82) is 0 Å². The predicted octanol–water partition coefficient (Wildman–Crippen LogP) is 4.01. The molecule has 0 heterocycles. The van der Waals surface area contributed by atoms with Crippen molar-refractivity contribution in [1.82, 2.24) is 4.90 Å². The number of carbonyl (C=O) groups excluding carboxylic acids is 1. The monoisotopic (exact) mass is 341 g/mol. The topological polar surface area (TPSA) is 29.5 Å². The molecule has 0 N–H and O–H groups in total. The Bertz CT molecular complexity index is 671. The van der Waals surface area contributed by atoms with Gasteiger partial charge in [0.1, 0.15) is 0 Å². The number of likely N-dealkylation sites (N-methyl/N-ethyl adjacent to an activating group) is 1. The van der Waals surface area contributed by atoms with Gasteiger partial charge in [-0.25, -0.2) is 0 Å². The SMILES string of the molecule is COC(=O)C[C@@H](c1ccccc1)[C@H](C(=S)N(C)C)c1ccccc1. The Labute approximate surface area is 149 Å². The standard InChI is InChI=1S/C20H23NO2S/c1-21(2)20(24)19(16-12-8-5-9-13-16)17(14-18(22)23-3)15-10-6-4-7-11-15/h4-13,17,19H,14H2,1-3H3/t17-,19+/m0/s1. The minimum Gasteiger partial charge on any atom is -0.469 e. The molecule has 0 amide bonds. The van der Waals surface area contributed by atoms with E-state index >= 15 is 0 Å². The van der Waals surface area contributed by atoms with Gasteiger partial charge in [0.2, 0.25) is 0 Å². The molecule has 0 fully saturated rings. The molecule has 0 spiro atoms. The van der Waals surface area contributed by atoms with Crippen molar-refractivity contribution in [3.05, 3.63) is 71.8 Å². The Balaban J connectivity index is 2.51. The Hall–Kier alpha value is -2.20. The van der Waals surface area contributed by atoms with Gasteiger partial charge in [0, 0.05) is 25.9 Å². The molecule has 2 aromatic carbocycles. The Morgan fingerprint density at radius 1 is 1.00 bits per heavy atom. The zero-order chi connectivity index (χ0) is 17.5. The second kappa shape index (κ2) is 8.60. The van der Waals surface area contributed by atoms with Crippen molar-refractivity contribution in [2.24, 2.45) is 0 Å². The number of carbonyl (C=O) groups is 1. The van der Waals surface area contributed by atoms with Crippen LogP contribution in [0, 0.1) is 0 Å². The lowest BCUT2D eigenvalue weighted by Gasteiger charge is -2.31. The maximum atomic E-state index is 12.0. The van der Waals surface area contributed by atoms with Gasteiger partial charge in [-0.05, 0) is 11.1 Å². The molecule has 2 atom stereocenters. The van der Waals surface area contributed by atoms with Gasteiger partial charge in [0.05, 0.1) is 18.5 Å². The fourth-order valence-corrected chi connectivity index (χ4v) is 3.18. The van der Waals surface area contributed by atoms with E-state index in [0.29, 0.717) is 0 Å². The first-order valence-electron chi connectivity index (χ1n) is 7.92. The summed E-state index contributed by atoms with van der Waals surface area (Å²) in [4.78, 5) is 14.8. The number of hydrogen-bond donors (Lipinski definition) is 0. The van der Waals surface area contributed by atoms with Crippen LogP contribution in [0.3, 0.4) is 0 Å². The molecule has 3 nitrogen and oxygen atoms in total. The van der Waals surface area contributed by atoms with Crippen molar-refractivity contribution < 1.29 is 9.53 Å². The fourth-order valence-electron chi connectivity index (χ4n) is 2.88. The maximum absolute atomic E-state index is 12.0. The molecule has 0 aliphatic heterocycles. The molecule has 126 valence electrons. The van der Waals surface area contributed by atoms with Crippen molar-refractivity contribution in [2.75, 3.05) is 21.2 Å². The van der Waals surface area contributed by atoms with E-state index in [1.165, 1.54) is 7.11 Å². The highest BCUT2D eigenvalue weighted by molar-refractivity contribution is 7.80. The predicted molar refractivity (Wildman–Crippen MR) is 101 cm³/mol. The highest BCUT2D eigenvalue weighted by Crippen LogP contribution is 2.37. The van der Waals surface area contributed by atoms with Gasteiger partial charge in [-0.15, -0.1) is 0 Å². The molecule has 0 unspecified atom stereocenters. The van der Waals surface area contributed by atoms with Gasteiger partial charge >= 0.3 is 5.97 Å².